The Hall–Kier alpha value is -2.34. The molecule has 1 fully saturated rings. The summed E-state index contributed by atoms with van der Waals surface area (Å²) in [5, 5.41) is 11.5. The Morgan fingerprint density at radius 2 is 2.10 bits per heavy atom. The van der Waals surface area contributed by atoms with Crippen LogP contribution >= 0.6 is 27.3 Å². The Morgan fingerprint density at radius 1 is 1.30 bits per heavy atom. The molecule has 0 radical (unpaired) electrons. The molecule has 0 unspecified atom stereocenters. The van der Waals surface area contributed by atoms with Crippen molar-refractivity contribution >= 4 is 54.4 Å². The lowest BCUT2D eigenvalue weighted by molar-refractivity contribution is -0.402. The number of fused-ring (bicyclic) bond motifs is 1. The van der Waals surface area contributed by atoms with Crippen LogP contribution in [-0.2, 0) is 4.74 Å². The number of halogens is 1. The number of aromatic nitrogens is 1. The van der Waals surface area contributed by atoms with E-state index in [1.165, 1.54) is 23.5 Å². The quantitative estimate of drug-likeness (QED) is 0.362. The van der Waals surface area contributed by atoms with Gasteiger partial charge in [0.1, 0.15) is 4.92 Å². The number of nitro groups is 1. The van der Waals surface area contributed by atoms with Crippen molar-refractivity contribution < 1.29 is 18.9 Å². The van der Waals surface area contributed by atoms with Crippen LogP contribution in [0.1, 0.15) is 17.0 Å². The highest BCUT2D eigenvalue weighted by Crippen LogP contribution is 2.32. The number of amides is 1. The second kappa shape index (κ2) is 9.21. The molecule has 1 aromatic carbocycles. The number of rotatable bonds is 7. The lowest BCUT2D eigenvalue weighted by atomic mass is 10.3. The van der Waals surface area contributed by atoms with Crippen molar-refractivity contribution in [2.75, 3.05) is 44.3 Å². The van der Waals surface area contributed by atoms with Crippen molar-refractivity contribution in [3.63, 3.8) is 0 Å². The van der Waals surface area contributed by atoms with Crippen molar-refractivity contribution in [1.29, 1.82) is 0 Å². The molecule has 4 rings (SSSR count). The minimum absolute atomic E-state index is 0.0755. The number of furan rings is 1. The van der Waals surface area contributed by atoms with Crippen molar-refractivity contribution in [1.82, 2.24) is 9.88 Å². The molecular weight excluding hydrogens is 476 g/mol. The molecule has 3 aromatic rings. The van der Waals surface area contributed by atoms with Crippen LogP contribution in [0.4, 0.5) is 11.0 Å². The molecule has 158 valence electrons. The zero-order valence-corrected chi connectivity index (χ0v) is 18.4. The topological polar surface area (TPSA) is 102 Å². The Labute approximate surface area is 184 Å². The van der Waals surface area contributed by atoms with E-state index in [0.29, 0.717) is 24.9 Å². The van der Waals surface area contributed by atoms with Gasteiger partial charge < -0.3 is 9.15 Å². The average Bonchev–Trinajstić information content (AvgIpc) is 3.38. The summed E-state index contributed by atoms with van der Waals surface area (Å²) in [4.78, 5) is 31.8. The van der Waals surface area contributed by atoms with Crippen LogP contribution < -0.4 is 4.90 Å². The van der Waals surface area contributed by atoms with Crippen LogP contribution in [0.15, 0.2) is 39.2 Å². The van der Waals surface area contributed by atoms with Gasteiger partial charge in [0.25, 0.3) is 5.91 Å². The fraction of sp³-hybridized carbons (Fsp3) is 0.368. The third kappa shape index (κ3) is 4.69. The maximum absolute atomic E-state index is 13.1. The molecule has 30 heavy (non-hydrogen) atoms. The third-order valence-electron chi connectivity index (χ3n) is 4.76. The molecule has 11 heteroatoms. The SMILES string of the molecule is O=C(c1ccc([N+](=O)[O-])o1)N(CCCN1CCOCC1)c1nc2ccc(Br)cc2s1. The zero-order chi connectivity index (χ0) is 21.1. The number of morpholine rings is 1. The number of hydrogen-bond donors (Lipinski definition) is 0. The molecular formula is C19H19BrN4O5S. The van der Waals surface area contributed by atoms with Gasteiger partial charge in [-0.15, -0.1) is 0 Å². The maximum Gasteiger partial charge on any atom is 0.433 e. The summed E-state index contributed by atoms with van der Waals surface area (Å²) in [6.07, 6.45) is 0.730. The average molecular weight is 495 g/mol. The van der Waals surface area contributed by atoms with Gasteiger partial charge in [0.15, 0.2) is 10.9 Å². The molecule has 0 bridgehead atoms. The highest BCUT2D eigenvalue weighted by Gasteiger charge is 2.26. The molecule has 9 nitrogen and oxygen atoms in total. The lowest BCUT2D eigenvalue weighted by Crippen LogP contribution is -2.39. The molecule has 0 spiro atoms. The first kappa shape index (κ1) is 20.9. The van der Waals surface area contributed by atoms with Crippen LogP contribution in [-0.4, -0.2) is 60.1 Å². The van der Waals surface area contributed by atoms with E-state index in [1.54, 1.807) is 4.90 Å². The Balaban J connectivity index is 1.57. The van der Waals surface area contributed by atoms with Gasteiger partial charge in [-0.2, -0.15) is 0 Å². The fourth-order valence-electron chi connectivity index (χ4n) is 3.24. The van der Waals surface area contributed by atoms with Gasteiger partial charge in [0, 0.05) is 30.7 Å². The van der Waals surface area contributed by atoms with Crippen LogP contribution in [0.2, 0.25) is 0 Å². The van der Waals surface area contributed by atoms with E-state index in [4.69, 9.17) is 9.15 Å². The van der Waals surface area contributed by atoms with Gasteiger partial charge in [-0.05, 0) is 30.7 Å². The first-order valence-electron chi connectivity index (χ1n) is 9.43. The monoisotopic (exact) mass is 494 g/mol. The van der Waals surface area contributed by atoms with E-state index in [0.717, 1.165) is 40.7 Å². The van der Waals surface area contributed by atoms with Gasteiger partial charge in [0.2, 0.25) is 0 Å². The van der Waals surface area contributed by atoms with Gasteiger partial charge >= 0.3 is 5.88 Å². The van der Waals surface area contributed by atoms with Crippen molar-refractivity contribution in [3.8, 4) is 0 Å². The van der Waals surface area contributed by atoms with Crippen molar-refractivity contribution in [3.05, 3.63) is 50.7 Å². The van der Waals surface area contributed by atoms with Crippen LogP contribution in [0.25, 0.3) is 10.2 Å². The van der Waals surface area contributed by atoms with E-state index in [1.807, 2.05) is 18.2 Å². The first-order valence-corrected chi connectivity index (χ1v) is 11.0. The summed E-state index contributed by atoms with van der Waals surface area (Å²) in [5.74, 6) is -0.975. The normalized spacial score (nSPS) is 14.8. The maximum atomic E-state index is 13.1. The lowest BCUT2D eigenvalue weighted by Gasteiger charge is -2.27. The van der Waals surface area contributed by atoms with E-state index in [2.05, 4.69) is 25.8 Å². The summed E-state index contributed by atoms with van der Waals surface area (Å²) in [6.45, 7) is 4.41. The molecule has 0 atom stereocenters. The second-order valence-corrected chi connectivity index (χ2v) is 8.69. The van der Waals surface area contributed by atoms with Crippen LogP contribution in [0, 0.1) is 10.1 Å². The van der Waals surface area contributed by atoms with Crippen LogP contribution in [0.5, 0.6) is 0 Å². The number of hydrogen-bond acceptors (Lipinski definition) is 8. The Kier molecular flexibility index (Phi) is 6.42. The summed E-state index contributed by atoms with van der Waals surface area (Å²) >= 11 is 4.85. The number of nitrogens with zero attached hydrogens (tertiary/aromatic N) is 4. The van der Waals surface area contributed by atoms with Gasteiger partial charge in [-0.25, -0.2) is 4.98 Å². The third-order valence-corrected chi connectivity index (χ3v) is 6.29. The number of carbonyl (C=O) groups is 1. The Bertz CT molecular complexity index is 1060. The minimum Gasteiger partial charge on any atom is -0.395 e. The molecule has 1 saturated heterocycles. The highest BCUT2D eigenvalue weighted by molar-refractivity contribution is 9.10. The number of benzene rings is 1. The highest BCUT2D eigenvalue weighted by atomic mass is 79.9. The predicted octanol–water partition coefficient (Wildman–Crippen LogP) is 3.93. The van der Waals surface area contributed by atoms with E-state index in [9.17, 15) is 14.9 Å². The van der Waals surface area contributed by atoms with E-state index < -0.39 is 16.7 Å². The number of carbonyl (C=O) groups excluding carboxylic acids is 1. The standard InChI is InChI=1S/C19H19BrN4O5S/c20-13-2-3-14-16(12-13)30-19(21-14)23(7-1-6-22-8-10-28-11-9-22)18(25)15-4-5-17(29-15)24(26)27/h2-5,12H,1,6-11H2. The van der Waals surface area contributed by atoms with Crippen molar-refractivity contribution in [2.24, 2.45) is 0 Å². The molecule has 1 aliphatic heterocycles. The summed E-state index contributed by atoms with van der Waals surface area (Å²) in [5.41, 5.74) is 0.787. The van der Waals surface area contributed by atoms with Gasteiger partial charge in [0.05, 0.1) is 29.5 Å². The van der Waals surface area contributed by atoms with E-state index in [-0.39, 0.29) is 5.76 Å². The number of thiazole rings is 1. The minimum atomic E-state index is -0.658. The first-order chi connectivity index (χ1) is 14.5. The molecule has 0 N–H and O–H groups in total. The van der Waals surface area contributed by atoms with Gasteiger partial charge in [-0.1, -0.05) is 27.3 Å². The second-order valence-electron chi connectivity index (χ2n) is 6.77. The molecule has 0 aliphatic carbocycles. The molecule has 2 aromatic heterocycles. The van der Waals surface area contributed by atoms with Crippen molar-refractivity contribution in [2.45, 2.75) is 6.42 Å². The predicted molar refractivity (Wildman–Crippen MR) is 116 cm³/mol. The summed E-state index contributed by atoms with van der Waals surface area (Å²) in [7, 11) is 0. The summed E-state index contributed by atoms with van der Waals surface area (Å²) in [6, 6.07) is 8.25. The smallest absolute Gasteiger partial charge is 0.395 e. The van der Waals surface area contributed by atoms with Crippen LogP contribution in [0.3, 0.4) is 0 Å². The number of ether oxygens (including phenoxy) is 1. The fourth-order valence-corrected chi connectivity index (χ4v) is 4.78. The zero-order valence-electron chi connectivity index (χ0n) is 16.0. The summed E-state index contributed by atoms with van der Waals surface area (Å²) < 4.78 is 12.4. The Morgan fingerprint density at radius 3 is 2.83 bits per heavy atom. The largest absolute Gasteiger partial charge is 0.433 e. The molecule has 3 heterocycles. The number of anilines is 1. The molecule has 0 saturated carbocycles. The van der Waals surface area contributed by atoms with Gasteiger partial charge in [-0.3, -0.25) is 24.7 Å². The van der Waals surface area contributed by atoms with E-state index >= 15 is 0 Å². The molecule has 1 aliphatic rings. The molecule has 1 amide bonds.